The Kier molecular flexibility index (Phi) is 13.6. The Hall–Kier alpha value is -4.19. The number of anilines is 3. The zero-order chi connectivity index (χ0) is 34.7. The van der Waals surface area contributed by atoms with Crippen molar-refractivity contribution in [3.05, 3.63) is 59.3 Å². The minimum Gasteiger partial charge on any atom is -0.381 e. The largest absolute Gasteiger partial charge is 0.417 e. The molecule has 0 unspecified atom stereocenters. The molecule has 0 radical (unpaired) electrons. The summed E-state index contributed by atoms with van der Waals surface area (Å²) in [6.07, 6.45) is 1.46. The van der Waals surface area contributed by atoms with Crippen LogP contribution in [0.5, 0.6) is 0 Å². The van der Waals surface area contributed by atoms with Gasteiger partial charge < -0.3 is 30.0 Å². The number of pyridine rings is 1. The van der Waals surface area contributed by atoms with Crippen molar-refractivity contribution in [1.82, 2.24) is 19.7 Å². The number of likely N-dealkylation sites (tertiary alicyclic amines) is 1. The Morgan fingerprint density at radius 1 is 1.17 bits per heavy atom. The summed E-state index contributed by atoms with van der Waals surface area (Å²) in [5.74, 6) is -0.443. The number of aryl methyl sites for hydroxylation is 1. The number of para-hydroxylation sites is 2. The number of aliphatic hydroxyl groups is 1. The van der Waals surface area contributed by atoms with E-state index in [-0.39, 0.29) is 36.5 Å². The lowest BCUT2D eigenvalue weighted by Gasteiger charge is -2.36. The van der Waals surface area contributed by atoms with E-state index in [1.807, 2.05) is 42.1 Å². The molecule has 0 bridgehead atoms. The molecule has 2 N–H and O–H groups in total. The molecule has 2 aliphatic rings. The summed E-state index contributed by atoms with van der Waals surface area (Å²) in [4.78, 5) is 38.1. The average Bonchev–Trinajstić information content (AvgIpc) is 3.58. The number of likely N-dealkylation sites (N-methyl/N-ethyl adjacent to an activating group) is 3. The van der Waals surface area contributed by atoms with Gasteiger partial charge in [-0.25, -0.2) is 4.98 Å². The number of carbonyl (C=O) groups excluding carboxylic acids is 2. The van der Waals surface area contributed by atoms with Crippen molar-refractivity contribution in [2.75, 3.05) is 89.3 Å². The van der Waals surface area contributed by atoms with Crippen LogP contribution in [0.1, 0.15) is 36.1 Å². The van der Waals surface area contributed by atoms with Crippen LogP contribution in [0.4, 0.5) is 30.4 Å². The fraction of sp³-hybridized carbons (Fsp3) is 0.515. The van der Waals surface area contributed by atoms with Gasteiger partial charge in [-0.1, -0.05) is 18.2 Å². The topological polar surface area (TPSA) is 119 Å². The maximum Gasteiger partial charge on any atom is 0.417 e. The van der Waals surface area contributed by atoms with Crippen LogP contribution in [0.3, 0.4) is 0 Å². The average molecular weight is 659 g/mol. The first-order valence-corrected chi connectivity index (χ1v) is 15.5. The number of benzene rings is 1. The number of amides is 2. The van der Waals surface area contributed by atoms with E-state index in [1.54, 1.807) is 43.3 Å². The SMILES string of the molecule is CN(C)C/C=C/C(=O)N1CCCC1.Cc1cc(C(F)(F)F)c(C#N)c(N[C@H]2CCN(CCN(C)CO)c3ccccc3N(C)C2=O)n1. The molecule has 0 aliphatic carbocycles. The Balaban J connectivity index is 0.000000386. The summed E-state index contributed by atoms with van der Waals surface area (Å²) >= 11 is 0. The second-order valence-corrected chi connectivity index (χ2v) is 11.9. The second-order valence-electron chi connectivity index (χ2n) is 11.9. The van der Waals surface area contributed by atoms with Gasteiger partial charge in [0.15, 0.2) is 0 Å². The molecule has 1 aromatic heterocycles. The Morgan fingerprint density at radius 3 is 2.43 bits per heavy atom. The van der Waals surface area contributed by atoms with Gasteiger partial charge >= 0.3 is 6.18 Å². The van der Waals surface area contributed by atoms with E-state index >= 15 is 0 Å². The van der Waals surface area contributed by atoms with Crippen LogP contribution in [-0.4, -0.2) is 117 Å². The van der Waals surface area contributed by atoms with E-state index in [9.17, 15) is 33.1 Å². The summed E-state index contributed by atoms with van der Waals surface area (Å²) in [5.41, 5.74) is -0.152. The number of carbonyl (C=O) groups is 2. The molecule has 2 amide bonds. The fourth-order valence-corrected chi connectivity index (χ4v) is 5.31. The van der Waals surface area contributed by atoms with Crippen LogP contribution in [0.25, 0.3) is 0 Å². The number of hydrogen-bond acceptors (Lipinski definition) is 9. The summed E-state index contributed by atoms with van der Waals surface area (Å²) < 4.78 is 40.6. The van der Waals surface area contributed by atoms with Crippen LogP contribution < -0.4 is 15.1 Å². The first-order valence-electron chi connectivity index (χ1n) is 15.5. The summed E-state index contributed by atoms with van der Waals surface area (Å²) in [6.45, 7) is 5.56. The number of fused-ring (bicyclic) bond motifs is 1. The zero-order valence-corrected chi connectivity index (χ0v) is 27.7. The third-order valence-electron chi connectivity index (χ3n) is 7.92. The van der Waals surface area contributed by atoms with Crippen LogP contribution in [-0.2, 0) is 15.8 Å². The number of alkyl halides is 3. The van der Waals surface area contributed by atoms with Crippen LogP contribution in [0, 0.1) is 18.3 Å². The first kappa shape index (κ1) is 37.3. The number of nitrogens with zero attached hydrogens (tertiary/aromatic N) is 7. The van der Waals surface area contributed by atoms with E-state index < -0.39 is 23.3 Å². The van der Waals surface area contributed by atoms with Crippen LogP contribution in [0.2, 0.25) is 0 Å². The van der Waals surface area contributed by atoms with Gasteiger partial charge in [0, 0.05) is 58.1 Å². The van der Waals surface area contributed by atoms with Crippen LogP contribution in [0.15, 0.2) is 42.5 Å². The number of halogens is 3. The van der Waals surface area contributed by atoms with Gasteiger partial charge in [-0.3, -0.25) is 14.5 Å². The lowest BCUT2D eigenvalue weighted by molar-refractivity contribution is -0.137. The van der Waals surface area contributed by atoms with E-state index in [4.69, 9.17) is 0 Å². The number of hydrogen-bond donors (Lipinski definition) is 2. The van der Waals surface area contributed by atoms with Gasteiger partial charge in [0.2, 0.25) is 11.8 Å². The smallest absolute Gasteiger partial charge is 0.381 e. The molecule has 1 fully saturated rings. The maximum atomic E-state index is 13.5. The van der Waals surface area contributed by atoms with Crippen molar-refractivity contribution in [3.63, 3.8) is 0 Å². The normalized spacial score (nSPS) is 16.9. The molecular weight excluding hydrogens is 613 g/mol. The van der Waals surface area contributed by atoms with Gasteiger partial charge in [0.25, 0.3) is 0 Å². The standard InChI is InChI=1S/C23H27F3N6O2.C10H18N2O/c1-15-12-17(23(24,25)26)16(13-27)21(28-15)29-18-8-9-32(11-10-30(2)14-33)20-7-5-4-6-19(20)31(3)22(18)34;1-11(2)7-5-6-10(13)12-8-3-4-9-12/h4-7,12,18,33H,8-11,14H2,1-3H3,(H,28,29);5-6H,3-4,7-9H2,1-2H3/b;6-5+/t18-;/m0./s1. The highest BCUT2D eigenvalue weighted by Gasteiger charge is 2.37. The maximum absolute atomic E-state index is 13.5. The van der Waals surface area contributed by atoms with Gasteiger partial charge in [-0.15, -0.1) is 0 Å². The molecule has 47 heavy (non-hydrogen) atoms. The number of aromatic nitrogens is 1. The lowest BCUT2D eigenvalue weighted by atomic mass is 10.1. The third-order valence-corrected chi connectivity index (χ3v) is 7.92. The summed E-state index contributed by atoms with van der Waals surface area (Å²) in [6, 6.07) is 8.88. The molecule has 11 nitrogen and oxygen atoms in total. The highest BCUT2D eigenvalue weighted by atomic mass is 19.4. The summed E-state index contributed by atoms with van der Waals surface area (Å²) in [5, 5.41) is 21.6. The van der Waals surface area contributed by atoms with Gasteiger partial charge in [0.1, 0.15) is 23.5 Å². The molecule has 1 saturated heterocycles. The minimum absolute atomic E-state index is 0.0829. The van der Waals surface area contributed by atoms with Gasteiger partial charge in [-0.05, 0) is 65.5 Å². The minimum atomic E-state index is -4.73. The van der Waals surface area contributed by atoms with Crippen molar-refractivity contribution in [3.8, 4) is 6.07 Å². The van der Waals surface area contributed by atoms with E-state index in [1.165, 1.54) is 11.8 Å². The third kappa shape index (κ3) is 10.4. The van der Waals surface area contributed by atoms with Crippen LogP contribution >= 0.6 is 0 Å². The fourth-order valence-electron chi connectivity index (χ4n) is 5.31. The molecule has 4 rings (SSSR count). The lowest BCUT2D eigenvalue weighted by Crippen LogP contribution is -2.47. The zero-order valence-electron chi connectivity index (χ0n) is 27.7. The summed E-state index contributed by atoms with van der Waals surface area (Å²) in [7, 11) is 7.37. The highest BCUT2D eigenvalue weighted by molar-refractivity contribution is 6.01. The second kappa shape index (κ2) is 17.1. The molecule has 1 aromatic carbocycles. The van der Waals surface area contributed by atoms with E-state index in [0.717, 1.165) is 44.2 Å². The monoisotopic (exact) mass is 658 g/mol. The van der Waals surface area contributed by atoms with E-state index in [0.29, 0.717) is 25.3 Å². The van der Waals surface area contributed by atoms with Crippen molar-refractivity contribution in [1.29, 1.82) is 5.26 Å². The molecule has 256 valence electrons. The number of aliphatic hydroxyl groups excluding tert-OH is 1. The Labute approximate surface area is 274 Å². The van der Waals surface area contributed by atoms with Crippen molar-refractivity contribution in [2.24, 2.45) is 0 Å². The molecule has 14 heteroatoms. The predicted molar refractivity (Wildman–Crippen MR) is 176 cm³/mol. The first-order chi connectivity index (χ1) is 22.3. The molecule has 2 aliphatic heterocycles. The molecule has 2 aromatic rings. The quantitative estimate of drug-likeness (QED) is 0.308. The molecule has 3 heterocycles. The molecule has 0 saturated carbocycles. The van der Waals surface area contributed by atoms with E-state index in [2.05, 4.69) is 15.2 Å². The Bertz CT molecular complexity index is 1440. The van der Waals surface area contributed by atoms with Gasteiger partial charge in [0.05, 0.1) is 23.7 Å². The number of rotatable bonds is 9. The number of nitrogens with one attached hydrogen (secondary N) is 1. The predicted octanol–water partition coefficient (Wildman–Crippen LogP) is 3.54. The van der Waals surface area contributed by atoms with Gasteiger partial charge in [-0.2, -0.15) is 18.4 Å². The molecule has 0 spiro atoms. The molecular formula is C33H45F3N8O3. The van der Waals surface area contributed by atoms with Crippen molar-refractivity contribution in [2.45, 2.75) is 38.4 Å². The highest BCUT2D eigenvalue weighted by Crippen LogP contribution is 2.36. The number of nitriles is 1. The van der Waals surface area contributed by atoms with Crippen molar-refractivity contribution >= 4 is 29.0 Å². The Morgan fingerprint density at radius 2 is 1.83 bits per heavy atom. The van der Waals surface area contributed by atoms with Crippen molar-refractivity contribution < 1.29 is 27.9 Å². The molecule has 1 atom stereocenters.